The highest BCUT2D eigenvalue weighted by Crippen LogP contribution is 2.28. The molecule has 0 aliphatic heterocycles. The minimum Gasteiger partial charge on any atom is -0.478 e. The molecule has 0 spiro atoms. The van der Waals surface area contributed by atoms with Gasteiger partial charge in [-0.2, -0.15) is 0 Å². The van der Waals surface area contributed by atoms with Crippen LogP contribution in [0.1, 0.15) is 34.3 Å². The Morgan fingerprint density at radius 3 is 2.81 bits per heavy atom. The predicted octanol–water partition coefficient (Wildman–Crippen LogP) is 2.98. The molecule has 0 fully saturated rings. The lowest BCUT2D eigenvalue weighted by atomic mass is 10.2. The lowest BCUT2D eigenvalue weighted by Crippen LogP contribution is -2.13. The molecule has 21 heavy (non-hydrogen) atoms. The van der Waals surface area contributed by atoms with Gasteiger partial charge in [-0.3, -0.25) is 9.78 Å². The summed E-state index contributed by atoms with van der Waals surface area (Å²) in [5, 5.41) is 12.2. The van der Waals surface area contributed by atoms with Crippen LogP contribution in [-0.4, -0.2) is 22.0 Å². The van der Waals surface area contributed by atoms with Gasteiger partial charge in [-0.05, 0) is 31.0 Å². The maximum absolute atomic E-state index is 11.9. The number of nitrogens with zero attached hydrogens (tertiary/aromatic N) is 1. The second-order valence-electron chi connectivity index (χ2n) is 4.48. The van der Waals surface area contributed by atoms with Gasteiger partial charge in [-0.25, -0.2) is 4.79 Å². The second kappa shape index (κ2) is 6.99. The van der Waals surface area contributed by atoms with Gasteiger partial charge in [0, 0.05) is 23.2 Å². The van der Waals surface area contributed by atoms with Crippen molar-refractivity contribution >= 4 is 28.2 Å². The molecule has 0 saturated carbocycles. The number of aromatic nitrogens is 1. The van der Waals surface area contributed by atoms with Gasteiger partial charge < -0.3 is 10.4 Å². The van der Waals surface area contributed by atoms with Gasteiger partial charge in [0.25, 0.3) is 0 Å². The largest absolute Gasteiger partial charge is 0.478 e. The predicted molar refractivity (Wildman–Crippen MR) is 81.8 cm³/mol. The maximum Gasteiger partial charge on any atom is 0.338 e. The Labute approximate surface area is 126 Å². The van der Waals surface area contributed by atoms with E-state index in [2.05, 4.69) is 10.3 Å². The highest BCUT2D eigenvalue weighted by molar-refractivity contribution is 7.16. The van der Waals surface area contributed by atoms with E-state index in [1.807, 2.05) is 25.1 Å². The van der Waals surface area contributed by atoms with Crippen LogP contribution in [0.4, 0.5) is 5.00 Å². The first-order valence-corrected chi connectivity index (χ1v) is 7.47. The van der Waals surface area contributed by atoms with Crippen molar-refractivity contribution in [2.24, 2.45) is 0 Å². The number of anilines is 1. The fraction of sp³-hybridized carbons (Fsp3) is 0.267. The van der Waals surface area contributed by atoms with Crippen molar-refractivity contribution in [3.05, 3.63) is 46.6 Å². The Morgan fingerprint density at radius 2 is 2.19 bits per heavy atom. The van der Waals surface area contributed by atoms with Crippen molar-refractivity contribution in [3.63, 3.8) is 0 Å². The van der Waals surface area contributed by atoms with Crippen molar-refractivity contribution in [1.29, 1.82) is 0 Å². The number of thiophene rings is 1. The fourth-order valence-corrected chi connectivity index (χ4v) is 2.85. The maximum atomic E-state index is 11.9. The molecule has 1 amide bonds. The standard InChI is InChI=1S/C15H16N2O3S/c1-2-11-9-12(15(19)20)14(21-11)17-13(18)7-6-10-5-3-4-8-16-10/h3-5,8-9H,2,6-7H2,1H3,(H,17,18)(H,19,20). The van der Waals surface area contributed by atoms with Gasteiger partial charge in [0.15, 0.2) is 0 Å². The van der Waals surface area contributed by atoms with Gasteiger partial charge in [-0.15, -0.1) is 11.3 Å². The number of carbonyl (C=O) groups excluding carboxylic acids is 1. The Bertz CT molecular complexity index is 638. The number of aromatic carboxylic acids is 1. The van der Waals surface area contributed by atoms with Crippen molar-refractivity contribution in [1.82, 2.24) is 4.98 Å². The van der Waals surface area contributed by atoms with Crippen LogP contribution in [0, 0.1) is 0 Å². The molecule has 0 unspecified atom stereocenters. The van der Waals surface area contributed by atoms with Gasteiger partial charge in [0.05, 0.1) is 5.56 Å². The average Bonchev–Trinajstić information content (AvgIpc) is 2.89. The molecule has 2 heterocycles. The molecule has 0 radical (unpaired) electrons. The molecule has 2 aromatic rings. The summed E-state index contributed by atoms with van der Waals surface area (Å²) in [6.07, 6.45) is 3.23. The number of amides is 1. The first-order chi connectivity index (χ1) is 10.1. The molecule has 0 aliphatic rings. The number of rotatable bonds is 6. The van der Waals surface area contributed by atoms with E-state index in [1.54, 1.807) is 12.3 Å². The zero-order valence-corrected chi connectivity index (χ0v) is 12.4. The third kappa shape index (κ3) is 4.13. The lowest BCUT2D eigenvalue weighted by Gasteiger charge is -2.04. The van der Waals surface area contributed by atoms with E-state index in [4.69, 9.17) is 5.11 Å². The Balaban J connectivity index is 1.99. The molecular formula is C15H16N2O3S. The van der Waals surface area contributed by atoms with Crippen LogP contribution in [0.3, 0.4) is 0 Å². The van der Waals surface area contributed by atoms with E-state index < -0.39 is 5.97 Å². The monoisotopic (exact) mass is 304 g/mol. The molecule has 0 aromatic carbocycles. The van der Waals surface area contributed by atoms with Crippen LogP contribution in [0.2, 0.25) is 0 Å². The average molecular weight is 304 g/mol. The van der Waals surface area contributed by atoms with E-state index in [-0.39, 0.29) is 17.9 Å². The number of pyridine rings is 1. The number of carboxylic acids is 1. The zero-order valence-electron chi connectivity index (χ0n) is 11.6. The van der Waals surface area contributed by atoms with Crippen LogP contribution in [0.5, 0.6) is 0 Å². The molecule has 0 aliphatic carbocycles. The Hall–Kier alpha value is -2.21. The van der Waals surface area contributed by atoms with Gasteiger partial charge in [0.1, 0.15) is 5.00 Å². The number of carboxylic acid groups (broad SMARTS) is 1. The van der Waals surface area contributed by atoms with Crippen molar-refractivity contribution in [2.75, 3.05) is 5.32 Å². The van der Waals surface area contributed by atoms with Gasteiger partial charge in [0.2, 0.25) is 5.91 Å². The Morgan fingerprint density at radius 1 is 1.38 bits per heavy atom. The molecule has 0 saturated heterocycles. The minimum atomic E-state index is -1.02. The van der Waals surface area contributed by atoms with E-state index in [9.17, 15) is 9.59 Å². The highest BCUT2D eigenvalue weighted by Gasteiger charge is 2.16. The number of carbonyl (C=O) groups is 2. The summed E-state index contributed by atoms with van der Waals surface area (Å²) in [6.45, 7) is 1.95. The summed E-state index contributed by atoms with van der Waals surface area (Å²) in [7, 11) is 0. The Kier molecular flexibility index (Phi) is 5.05. The quantitative estimate of drug-likeness (QED) is 0.860. The van der Waals surface area contributed by atoms with E-state index in [1.165, 1.54) is 11.3 Å². The second-order valence-corrected chi connectivity index (χ2v) is 5.62. The molecule has 2 N–H and O–H groups in total. The fourth-order valence-electron chi connectivity index (χ4n) is 1.84. The first kappa shape index (κ1) is 15.2. The van der Waals surface area contributed by atoms with Crippen LogP contribution >= 0.6 is 11.3 Å². The molecule has 6 heteroatoms. The van der Waals surface area contributed by atoms with Crippen LogP contribution < -0.4 is 5.32 Å². The summed E-state index contributed by atoms with van der Waals surface area (Å²) in [5.41, 5.74) is 0.995. The highest BCUT2D eigenvalue weighted by atomic mass is 32.1. The van der Waals surface area contributed by atoms with E-state index >= 15 is 0 Å². The summed E-state index contributed by atoms with van der Waals surface area (Å²) >= 11 is 1.31. The molecule has 0 atom stereocenters. The van der Waals surface area contributed by atoms with Crippen molar-refractivity contribution < 1.29 is 14.7 Å². The van der Waals surface area contributed by atoms with Crippen LogP contribution in [0.15, 0.2) is 30.5 Å². The summed E-state index contributed by atoms with van der Waals surface area (Å²) in [6, 6.07) is 7.16. The first-order valence-electron chi connectivity index (χ1n) is 6.66. The molecule has 2 aromatic heterocycles. The summed E-state index contributed by atoms with van der Waals surface area (Å²) in [5.74, 6) is -1.22. The summed E-state index contributed by atoms with van der Waals surface area (Å²) in [4.78, 5) is 28.2. The SMILES string of the molecule is CCc1cc(C(=O)O)c(NC(=O)CCc2ccccn2)s1. The van der Waals surface area contributed by atoms with Gasteiger partial charge in [-0.1, -0.05) is 13.0 Å². The normalized spacial score (nSPS) is 10.3. The number of nitrogens with one attached hydrogen (secondary N) is 1. The van der Waals surface area contributed by atoms with Gasteiger partial charge >= 0.3 is 5.97 Å². The molecule has 0 bridgehead atoms. The molecule has 110 valence electrons. The minimum absolute atomic E-state index is 0.156. The van der Waals surface area contributed by atoms with E-state index in [0.717, 1.165) is 17.0 Å². The molecular weight excluding hydrogens is 288 g/mol. The summed E-state index contributed by atoms with van der Waals surface area (Å²) < 4.78 is 0. The van der Waals surface area contributed by atoms with Crippen LogP contribution in [-0.2, 0) is 17.6 Å². The number of aryl methyl sites for hydroxylation is 2. The van der Waals surface area contributed by atoms with Crippen molar-refractivity contribution in [3.8, 4) is 0 Å². The van der Waals surface area contributed by atoms with Crippen molar-refractivity contribution in [2.45, 2.75) is 26.2 Å². The lowest BCUT2D eigenvalue weighted by molar-refractivity contribution is -0.116. The number of hydrogen-bond acceptors (Lipinski definition) is 4. The van der Waals surface area contributed by atoms with E-state index in [0.29, 0.717) is 11.4 Å². The van der Waals surface area contributed by atoms with Crippen LogP contribution in [0.25, 0.3) is 0 Å². The number of hydrogen-bond donors (Lipinski definition) is 2. The molecule has 5 nitrogen and oxygen atoms in total. The third-order valence-corrected chi connectivity index (χ3v) is 4.14. The smallest absolute Gasteiger partial charge is 0.338 e. The third-order valence-electron chi connectivity index (χ3n) is 2.95. The molecule has 2 rings (SSSR count). The zero-order chi connectivity index (χ0) is 15.2. The topological polar surface area (TPSA) is 79.3 Å².